The molecule has 1 aliphatic carbocycles. The van der Waals surface area contributed by atoms with Gasteiger partial charge in [0.05, 0.1) is 0 Å². The van der Waals surface area contributed by atoms with Crippen molar-refractivity contribution in [1.29, 1.82) is 0 Å². The van der Waals surface area contributed by atoms with Gasteiger partial charge in [-0.2, -0.15) is 0 Å². The maximum atomic E-state index is 11.1. The Bertz CT molecular complexity index is 154. The predicted octanol–water partition coefficient (Wildman–Crippen LogP) is 3.40. The zero-order valence-electron chi connectivity index (χ0n) is 8.39. The molecule has 0 aromatic carbocycles. The van der Waals surface area contributed by atoms with Crippen molar-refractivity contribution in [2.24, 2.45) is 11.3 Å². The molecular weight excluding hydrogens is 184 g/mol. The first-order valence-electron chi connectivity index (χ1n) is 5.25. The number of hydrogen-bond donors (Lipinski definition) is 0. The SMILES string of the molecule is CC1CCC(C=O)(CCCCl)CC1. The van der Waals surface area contributed by atoms with E-state index in [9.17, 15) is 4.79 Å². The summed E-state index contributed by atoms with van der Waals surface area (Å²) >= 11 is 5.65. The van der Waals surface area contributed by atoms with Crippen LogP contribution in [0.25, 0.3) is 0 Å². The van der Waals surface area contributed by atoms with E-state index in [4.69, 9.17) is 11.6 Å². The van der Waals surface area contributed by atoms with Crippen molar-refractivity contribution in [2.75, 3.05) is 5.88 Å². The number of carbonyl (C=O) groups is 1. The van der Waals surface area contributed by atoms with Gasteiger partial charge in [0.15, 0.2) is 0 Å². The van der Waals surface area contributed by atoms with Gasteiger partial charge in [-0.1, -0.05) is 6.92 Å². The van der Waals surface area contributed by atoms with Crippen LogP contribution in [0.2, 0.25) is 0 Å². The van der Waals surface area contributed by atoms with Crippen LogP contribution < -0.4 is 0 Å². The molecule has 1 fully saturated rings. The van der Waals surface area contributed by atoms with Crippen molar-refractivity contribution in [1.82, 2.24) is 0 Å². The molecule has 0 N–H and O–H groups in total. The molecule has 0 aromatic rings. The Balaban J connectivity index is 2.45. The molecule has 1 rings (SSSR count). The van der Waals surface area contributed by atoms with E-state index in [0.29, 0.717) is 5.88 Å². The molecule has 0 amide bonds. The zero-order chi connectivity index (χ0) is 9.73. The van der Waals surface area contributed by atoms with Gasteiger partial charge in [-0.3, -0.25) is 0 Å². The van der Waals surface area contributed by atoms with Gasteiger partial charge in [0.2, 0.25) is 0 Å². The van der Waals surface area contributed by atoms with Crippen LogP contribution in [0.15, 0.2) is 0 Å². The lowest BCUT2D eigenvalue weighted by molar-refractivity contribution is -0.118. The first kappa shape index (κ1) is 11.0. The van der Waals surface area contributed by atoms with Crippen molar-refractivity contribution in [3.05, 3.63) is 0 Å². The molecular formula is C11H19ClO. The van der Waals surface area contributed by atoms with Crippen molar-refractivity contribution >= 4 is 17.9 Å². The second kappa shape index (κ2) is 4.99. The van der Waals surface area contributed by atoms with Crippen molar-refractivity contribution in [2.45, 2.75) is 45.4 Å². The summed E-state index contributed by atoms with van der Waals surface area (Å²) in [4.78, 5) is 11.1. The minimum Gasteiger partial charge on any atom is -0.303 e. The molecule has 0 unspecified atom stereocenters. The Morgan fingerprint density at radius 2 is 2.08 bits per heavy atom. The molecule has 0 heterocycles. The smallest absolute Gasteiger partial charge is 0.126 e. The number of rotatable bonds is 4. The third-order valence-corrected chi connectivity index (χ3v) is 3.60. The van der Waals surface area contributed by atoms with Gasteiger partial charge >= 0.3 is 0 Å². The van der Waals surface area contributed by atoms with E-state index in [1.54, 1.807) is 0 Å². The van der Waals surface area contributed by atoms with Crippen LogP contribution in [0.1, 0.15) is 45.4 Å². The fraction of sp³-hybridized carbons (Fsp3) is 0.909. The molecule has 76 valence electrons. The van der Waals surface area contributed by atoms with Gasteiger partial charge in [-0.25, -0.2) is 0 Å². The second-order valence-electron chi connectivity index (χ2n) is 4.46. The van der Waals surface area contributed by atoms with Crippen LogP contribution in [-0.2, 0) is 4.79 Å². The van der Waals surface area contributed by atoms with Gasteiger partial charge in [-0.15, -0.1) is 11.6 Å². The molecule has 1 aliphatic rings. The summed E-state index contributed by atoms with van der Waals surface area (Å²) in [5.41, 5.74) is -0.0125. The molecule has 13 heavy (non-hydrogen) atoms. The van der Waals surface area contributed by atoms with Gasteiger partial charge in [0.1, 0.15) is 6.29 Å². The average molecular weight is 203 g/mol. The largest absolute Gasteiger partial charge is 0.303 e. The van der Waals surface area contributed by atoms with E-state index in [1.807, 2.05) is 0 Å². The van der Waals surface area contributed by atoms with E-state index < -0.39 is 0 Å². The summed E-state index contributed by atoms with van der Waals surface area (Å²) in [6.07, 6.45) is 7.73. The summed E-state index contributed by atoms with van der Waals surface area (Å²) in [7, 11) is 0. The van der Waals surface area contributed by atoms with Crippen LogP contribution in [0, 0.1) is 11.3 Å². The van der Waals surface area contributed by atoms with Crippen molar-refractivity contribution in [3.8, 4) is 0 Å². The summed E-state index contributed by atoms with van der Waals surface area (Å²) in [5.74, 6) is 1.49. The number of halogens is 1. The van der Waals surface area contributed by atoms with Crippen molar-refractivity contribution < 1.29 is 4.79 Å². The highest BCUT2D eigenvalue weighted by molar-refractivity contribution is 6.17. The fourth-order valence-corrected chi connectivity index (χ4v) is 2.32. The summed E-state index contributed by atoms with van der Waals surface area (Å²) in [6.45, 7) is 2.27. The minimum absolute atomic E-state index is 0.0125. The second-order valence-corrected chi connectivity index (χ2v) is 4.83. The van der Waals surface area contributed by atoms with E-state index in [0.717, 1.165) is 31.6 Å². The Morgan fingerprint density at radius 3 is 2.54 bits per heavy atom. The molecule has 1 nitrogen and oxygen atoms in total. The first-order chi connectivity index (χ1) is 6.22. The predicted molar refractivity (Wildman–Crippen MR) is 56.1 cm³/mol. The Morgan fingerprint density at radius 1 is 1.46 bits per heavy atom. The standard InChI is InChI=1S/C11H19ClO/c1-10-3-6-11(9-13,7-4-10)5-2-8-12/h9-10H,2-8H2,1H3. The highest BCUT2D eigenvalue weighted by Crippen LogP contribution is 2.40. The zero-order valence-corrected chi connectivity index (χ0v) is 9.15. The maximum absolute atomic E-state index is 11.1. The number of aldehydes is 1. The topological polar surface area (TPSA) is 17.1 Å². The van der Waals surface area contributed by atoms with Crippen LogP contribution in [0.4, 0.5) is 0 Å². The van der Waals surface area contributed by atoms with Gasteiger partial charge in [0, 0.05) is 11.3 Å². The van der Waals surface area contributed by atoms with E-state index in [1.165, 1.54) is 19.1 Å². The molecule has 1 saturated carbocycles. The highest BCUT2D eigenvalue weighted by atomic mass is 35.5. The van der Waals surface area contributed by atoms with E-state index >= 15 is 0 Å². The monoisotopic (exact) mass is 202 g/mol. The van der Waals surface area contributed by atoms with Crippen LogP contribution in [-0.4, -0.2) is 12.2 Å². The third kappa shape index (κ3) is 2.98. The molecule has 0 aliphatic heterocycles. The Hall–Kier alpha value is -0.0400. The van der Waals surface area contributed by atoms with Gasteiger partial charge in [-0.05, 0) is 44.4 Å². The van der Waals surface area contributed by atoms with Crippen molar-refractivity contribution in [3.63, 3.8) is 0 Å². The molecule has 0 atom stereocenters. The molecule has 0 radical (unpaired) electrons. The summed E-state index contributed by atoms with van der Waals surface area (Å²) in [5, 5.41) is 0. The lowest BCUT2D eigenvalue weighted by Crippen LogP contribution is -2.28. The fourth-order valence-electron chi connectivity index (χ4n) is 2.18. The normalized spacial score (nSPS) is 34.5. The molecule has 0 bridgehead atoms. The summed E-state index contributed by atoms with van der Waals surface area (Å²) < 4.78 is 0. The van der Waals surface area contributed by atoms with E-state index in [-0.39, 0.29) is 5.41 Å². The number of alkyl halides is 1. The van der Waals surface area contributed by atoms with Gasteiger partial charge < -0.3 is 4.79 Å². The lowest BCUT2D eigenvalue weighted by Gasteiger charge is -2.34. The van der Waals surface area contributed by atoms with Crippen LogP contribution >= 0.6 is 11.6 Å². The number of carbonyl (C=O) groups excluding carboxylic acids is 1. The van der Waals surface area contributed by atoms with E-state index in [2.05, 4.69) is 6.92 Å². The van der Waals surface area contributed by atoms with Crippen LogP contribution in [0.5, 0.6) is 0 Å². The minimum atomic E-state index is -0.0125. The highest BCUT2D eigenvalue weighted by Gasteiger charge is 2.32. The quantitative estimate of drug-likeness (QED) is 0.505. The Kier molecular flexibility index (Phi) is 4.24. The van der Waals surface area contributed by atoms with Crippen LogP contribution in [0.3, 0.4) is 0 Å². The first-order valence-corrected chi connectivity index (χ1v) is 5.78. The third-order valence-electron chi connectivity index (χ3n) is 3.33. The Labute approximate surface area is 85.8 Å². The number of hydrogen-bond acceptors (Lipinski definition) is 1. The summed E-state index contributed by atoms with van der Waals surface area (Å²) in [6, 6.07) is 0. The van der Waals surface area contributed by atoms with Gasteiger partial charge in [0.25, 0.3) is 0 Å². The molecule has 0 spiro atoms. The molecule has 0 aromatic heterocycles. The lowest BCUT2D eigenvalue weighted by atomic mass is 9.69. The molecule has 2 heteroatoms. The molecule has 0 saturated heterocycles. The average Bonchev–Trinajstić information content (AvgIpc) is 2.18. The maximum Gasteiger partial charge on any atom is 0.126 e.